The van der Waals surface area contributed by atoms with Crippen LogP contribution in [-0.4, -0.2) is 6.04 Å². The molecule has 0 amide bonds. The zero-order valence-corrected chi connectivity index (χ0v) is 13.7. The summed E-state index contributed by atoms with van der Waals surface area (Å²) in [6.07, 6.45) is 2.26. The summed E-state index contributed by atoms with van der Waals surface area (Å²) in [5, 5.41) is 0. The molecule has 1 fully saturated rings. The molecule has 3 rings (SSSR count). The Morgan fingerprint density at radius 1 is 1.05 bits per heavy atom. The Morgan fingerprint density at radius 2 is 1.62 bits per heavy atom. The second-order valence-corrected chi connectivity index (χ2v) is 6.62. The van der Waals surface area contributed by atoms with Gasteiger partial charge in [-0.3, -0.25) is 0 Å². The van der Waals surface area contributed by atoms with Gasteiger partial charge >= 0.3 is 0 Å². The summed E-state index contributed by atoms with van der Waals surface area (Å²) in [5.74, 6) is 2.97. The van der Waals surface area contributed by atoms with Crippen LogP contribution in [-0.2, 0) is 0 Å². The Bertz CT molecular complexity index is 594. The predicted molar refractivity (Wildman–Crippen MR) is 89.8 cm³/mol. The molecule has 110 valence electrons. The minimum absolute atomic E-state index is 0.374. The van der Waals surface area contributed by atoms with E-state index in [1.54, 1.807) is 0 Å². The zero-order chi connectivity index (χ0) is 14.8. The number of hydrogen-bond acceptors (Lipinski definition) is 2. The van der Waals surface area contributed by atoms with Gasteiger partial charge < -0.3 is 10.5 Å². The van der Waals surface area contributed by atoms with E-state index < -0.39 is 0 Å². The Kier molecular flexibility index (Phi) is 4.32. The van der Waals surface area contributed by atoms with Crippen molar-refractivity contribution in [2.75, 3.05) is 0 Å². The van der Waals surface area contributed by atoms with Gasteiger partial charge in [-0.1, -0.05) is 41.4 Å². The van der Waals surface area contributed by atoms with Crippen LogP contribution in [0.25, 0.3) is 0 Å². The molecule has 1 saturated carbocycles. The summed E-state index contributed by atoms with van der Waals surface area (Å²) in [6.45, 7) is 2.22. The lowest BCUT2D eigenvalue weighted by molar-refractivity contribution is 0.198. The molecule has 3 atom stereocenters. The molecular weight excluding hydrogens is 326 g/mol. The van der Waals surface area contributed by atoms with Gasteiger partial charge in [-0.25, -0.2) is 0 Å². The Labute approximate surface area is 134 Å². The molecule has 3 unspecified atom stereocenters. The molecule has 0 aromatic heterocycles. The Balaban J connectivity index is 1.68. The first-order valence-electron chi connectivity index (χ1n) is 7.46. The van der Waals surface area contributed by atoms with E-state index in [1.807, 2.05) is 36.4 Å². The SMILES string of the molecule is CCC1C(N)CC1c1ccc(Oc2ccc(Br)cc2)cc1. The van der Waals surface area contributed by atoms with Gasteiger partial charge in [0.15, 0.2) is 0 Å². The maximum Gasteiger partial charge on any atom is 0.127 e. The third-order valence-electron chi connectivity index (χ3n) is 4.42. The molecule has 2 aromatic carbocycles. The zero-order valence-electron chi connectivity index (χ0n) is 12.1. The Morgan fingerprint density at radius 3 is 2.14 bits per heavy atom. The number of ether oxygens (including phenoxy) is 1. The third-order valence-corrected chi connectivity index (χ3v) is 4.95. The quantitative estimate of drug-likeness (QED) is 0.838. The normalized spacial score (nSPS) is 24.4. The number of hydrogen-bond donors (Lipinski definition) is 1. The first kappa shape index (κ1) is 14.6. The molecule has 0 saturated heterocycles. The second-order valence-electron chi connectivity index (χ2n) is 5.70. The number of halogens is 1. The van der Waals surface area contributed by atoms with E-state index in [-0.39, 0.29) is 0 Å². The molecule has 21 heavy (non-hydrogen) atoms. The molecule has 1 aliphatic carbocycles. The van der Waals surface area contributed by atoms with Gasteiger partial charge in [-0.05, 0) is 60.2 Å². The van der Waals surface area contributed by atoms with Crippen LogP contribution >= 0.6 is 15.9 Å². The van der Waals surface area contributed by atoms with Gasteiger partial charge in [0.05, 0.1) is 0 Å². The maximum atomic E-state index is 6.08. The van der Waals surface area contributed by atoms with Gasteiger partial charge in [-0.2, -0.15) is 0 Å². The van der Waals surface area contributed by atoms with Crippen LogP contribution in [0, 0.1) is 5.92 Å². The van der Waals surface area contributed by atoms with Gasteiger partial charge in [-0.15, -0.1) is 0 Å². The first-order chi connectivity index (χ1) is 10.2. The molecule has 0 spiro atoms. The van der Waals surface area contributed by atoms with Crippen LogP contribution in [0.15, 0.2) is 53.0 Å². The van der Waals surface area contributed by atoms with E-state index in [2.05, 4.69) is 35.0 Å². The van der Waals surface area contributed by atoms with E-state index in [0.29, 0.717) is 17.9 Å². The van der Waals surface area contributed by atoms with Crippen molar-refractivity contribution < 1.29 is 4.74 Å². The fraction of sp³-hybridized carbons (Fsp3) is 0.333. The average molecular weight is 346 g/mol. The summed E-state index contributed by atoms with van der Waals surface area (Å²) >= 11 is 3.42. The van der Waals surface area contributed by atoms with Crippen LogP contribution in [0.5, 0.6) is 11.5 Å². The molecule has 0 aliphatic heterocycles. The smallest absolute Gasteiger partial charge is 0.127 e. The second kappa shape index (κ2) is 6.20. The van der Waals surface area contributed by atoms with Gasteiger partial charge in [0.2, 0.25) is 0 Å². The monoisotopic (exact) mass is 345 g/mol. The van der Waals surface area contributed by atoms with Crippen molar-refractivity contribution in [2.45, 2.75) is 31.7 Å². The van der Waals surface area contributed by atoms with Crippen LogP contribution in [0.1, 0.15) is 31.2 Å². The maximum absolute atomic E-state index is 6.08. The fourth-order valence-electron chi connectivity index (χ4n) is 3.14. The number of nitrogens with two attached hydrogens (primary N) is 1. The van der Waals surface area contributed by atoms with E-state index in [9.17, 15) is 0 Å². The van der Waals surface area contributed by atoms with Crippen molar-refractivity contribution in [1.29, 1.82) is 0 Å². The summed E-state index contributed by atoms with van der Waals surface area (Å²) in [6, 6.07) is 16.7. The van der Waals surface area contributed by atoms with E-state index in [0.717, 1.165) is 28.8 Å². The summed E-state index contributed by atoms with van der Waals surface area (Å²) in [4.78, 5) is 0. The first-order valence-corrected chi connectivity index (χ1v) is 8.25. The van der Waals surface area contributed by atoms with Gasteiger partial charge in [0.1, 0.15) is 11.5 Å². The van der Waals surface area contributed by atoms with Crippen molar-refractivity contribution in [3.05, 3.63) is 58.6 Å². The van der Waals surface area contributed by atoms with Crippen molar-refractivity contribution in [2.24, 2.45) is 11.7 Å². The van der Waals surface area contributed by atoms with Crippen molar-refractivity contribution in [3.8, 4) is 11.5 Å². The number of benzene rings is 2. The molecule has 0 heterocycles. The van der Waals surface area contributed by atoms with Crippen LogP contribution in [0.4, 0.5) is 0 Å². The molecule has 0 bridgehead atoms. The van der Waals surface area contributed by atoms with Crippen LogP contribution in [0.2, 0.25) is 0 Å². The summed E-state index contributed by atoms with van der Waals surface area (Å²) in [7, 11) is 0. The molecular formula is C18H20BrNO. The highest BCUT2D eigenvalue weighted by Gasteiger charge is 2.37. The van der Waals surface area contributed by atoms with Crippen LogP contribution in [0.3, 0.4) is 0 Å². The topological polar surface area (TPSA) is 35.2 Å². The standard InChI is InChI=1S/C18H20BrNO/c1-2-16-17(11-18(16)20)12-3-7-14(8-4-12)21-15-9-5-13(19)6-10-15/h3-10,16-18H,2,11,20H2,1H3. The van der Waals surface area contributed by atoms with Gasteiger partial charge in [0.25, 0.3) is 0 Å². The fourth-order valence-corrected chi connectivity index (χ4v) is 3.40. The molecule has 3 heteroatoms. The van der Waals surface area contributed by atoms with Crippen LogP contribution < -0.4 is 10.5 Å². The lowest BCUT2D eigenvalue weighted by Crippen LogP contribution is -2.45. The highest BCUT2D eigenvalue weighted by atomic mass is 79.9. The van der Waals surface area contributed by atoms with E-state index in [4.69, 9.17) is 10.5 Å². The Hall–Kier alpha value is -1.32. The largest absolute Gasteiger partial charge is 0.457 e. The minimum Gasteiger partial charge on any atom is -0.457 e. The number of rotatable bonds is 4. The summed E-state index contributed by atoms with van der Waals surface area (Å²) in [5.41, 5.74) is 7.46. The average Bonchev–Trinajstić information content (AvgIpc) is 2.48. The summed E-state index contributed by atoms with van der Waals surface area (Å²) < 4.78 is 6.90. The van der Waals surface area contributed by atoms with Crippen molar-refractivity contribution in [1.82, 2.24) is 0 Å². The molecule has 1 aliphatic rings. The highest BCUT2D eigenvalue weighted by molar-refractivity contribution is 9.10. The predicted octanol–water partition coefficient (Wildman–Crippen LogP) is 5.08. The molecule has 2 N–H and O–H groups in total. The molecule has 2 aromatic rings. The van der Waals surface area contributed by atoms with E-state index in [1.165, 1.54) is 5.56 Å². The minimum atomic E-state index is 0.374. The van der Waals surface area contributed by atoms with Gasteiger partial charge in [0, 0.05) is 10.5 Å². The van der Waals surface area contributed by atoms with Crippen molar-refractivity contribution >= 4 is 15.9 Å². The highest BCUT2D eigenvalue weighted by Crippen LogP contribution is 2.43. The lowest BCUT2D eigenvalue weighted by Gasteiger charge is -2.42. The third kappa shape index (κ3) is 3.14. The molecule has 2 nitrogen and oxygen atoms in total. The van der Waals surface area contributed by atoms with E-state index >= 15 is 0 Å². The lowest BCUT2D eigenvalue weighted by atomic mass is 9.65. The van der Waals surface area contributed by atoms with Crippen molar-refractivity contribution in [3.63, 3.8) is 0 Å². The molecule has 0 radical (unpaired) electrons.